The van der Waals surface area contributed by atoms with Crippen LogP contribution in [0.25, 0.3) is 11.0 Å². The van der Waals surface area contributed by atoms with Gasteiger partial charge in [0.2, 0.25) is 0 Å². The van der Waals surface area contributed by atoms with Crippen LogP contribution in [-0.2, 0) is 7.05 Å². The third-order valence-corrected chi connectivity index (χ3v) is 4.30. The Kier molecular flexibility index (Phi) is 3.69. The van der Waals surface area contributed by atoms with Crippen LogP contribution in [0.2, 0.25) is 0 Å². The second-order valence-corrected chi connectivity index (χ2v) is 5.91. The molecule has 2 aromatic heterocycles. The van der Waals surface area contributed by atoms with Gasteiger partial charge >= 0.3 is 0 Å². The van der Waals surface area contributed by atoms with Gasteiger partial charge in [0.05, 0.1) is 0 Å². The molecule has 7 heteroatoms. The fourth-order valence-electron chi connectivity index (χ4n) is 2.73. The summed E-state index contributed by atoms with van der Waals surface area (Å²) in [4.78, 5) is 23.5. The number of nitrogens with one attached hydrogen (secondary N) is 1. The molecule has 20 heavy (non-hydrogen) atoms. The Morgan fingerprint density at radius 1 is 1.15 bits per heavy atom. The van der Waals surface area contributed by atoms with Crippen molar-refractivity contribution in [2.75, 3.05) is 24.2 Å². The zero-order valence-corrected chi connectivity index (χ0v) is 12.7. The Balaban J connectivity index is 2.18. The Morgan fingerprint density at radius 2 is 1.85 bits per heavy atom. The summed E-state index contributed by atoms with van der Waals surface area (Å²) in [5.74, 6) is 0.795. The smallest absolute Gasteiger partial charge is 0.277 e. The SMILES string of the molecule is CSc1nc(N2CCCCCC2)c2c(=O)[nH]n(C)c2n1. The summed E-state index contributed by atoms with van der Waals surface area (Å²) in [6.07, 6.45) is 6.78. The van der Waals surface area contributed by atoms with E-state index in [2.05, 4.69) is 20.0 Å². The highest BCUT2D eigenvalue weighted by molar-refractivity contribution is 7.98. The highest BCUT2D eigenvalue weighted by Crippen LogP contribution is 2.25. The van der Waals surface area contributed by atoms with Crippen LogP contribution in [0.15, 0.2) is 9.95 Å². The lowest BCUT2D eigenvalue weighted by Crippen LogP contribution is -2.26. The summed E-state index contributed by atoms with van der Waals surface area (Å²) < 4.78 is 1.68. The number of thioether (sulfide) groups is 1. The number of aromatic nitrogens is 4. The predicted octanol–water partition coefficient (Wildman–Crippen LogP) is 1.76. The summed E-state index contributed by atoms with van der Waals surface area (Å²) >= 11 is 1.51. The van der Waals surface area contributed by atoms with Gasteiger partial charge in [0.1, 0.15) is 11.2 Å². The van der Waals surface area contributed by atoms with E-state index in [1.807, 2.05) is 13.3 Å². The van der Waals surface area contributed by atoms with E-state index in [4.69, 9.17) is 0 Å². The highest BCUT2D eigenvalue weighted by Gasteiger charge is 2.20. The minimum Gasteiger partial charge on any atom is -0.356 e. The molecule has 3 heterocycles. The van der Waals surface area contributed by atoms with Crippen molar-refractivity contribution >= 4 is 28.6 Å². The van der Waals surface area contributed by atoms with E-state index in [-0.39, 0.29) is 5.56 Å². The predicted molar refractivity (Wildman–Crippen MR) is 81.6 cm³/mol. The maximum absolute atomic E-state index is 12.2. The molecule has 0 atom stereocenters. The third kappa shape index (κ3) is 2.30. The molecule has 6 nitrogen and oxygen atoms in total. The molecule has 0 spiro atoms. The minimum absolute atomic E-state index is 0.102. The molecule has 0 saturated carbocycles. The number of anilines is 1. The van der Waals surface area contributed by atoms with Crippen molar-refractivity contribution in [3.8, 4) is 0 Å². The van der Waals surface area contributed by atoms with E-state index < -0.39 is 0 Å². The van der Waals surface area contributed by atoms with Crippen LogP contribution in [0, 0.1) is 0 Å². The maximum atomic E-state index is 12.2. The van der Waals surface area contributed by atoms with Crippen molar-refractivity contribution in [1.29, 1.82) is 0 Å². The van der Waals surface area contributed by atoms with Gasteiger partial charge in [-0.1, -0.05) is 24.6 Å². The summed E-state index contributed by atoms with van der Waals surface area (Å²) in [5.41, 5.74) is 0.586. The Bertz CT molecular complexity index is 669. The maximum Gasteiger partial charge on any atom is 0.277 e. The molecular formula is C13H19N5OS. The van der Waals surface area contributed by atoms with Gasteiger partial charge in [0.15, 0.2) is 10.8 Å². The molecule has 2 aromatic rings. The van der Waals surface area contributed by atoms with Crippen LogP contribution >= 0.6 is 11.8 Å². The van der Waals surface area contributed by atoms with Crippen LogP contribution in [-0.4, -0.2) is 39.1 Å². The largest absolute Gasteiger partial charge is 0.356 e. The first-order valence-electron chi connectivity index (χ1n) is 6.96. The number of nitrogens with zero attached hydrogens (tertiary/aromatic N) is 4. The fraction of sp³-hybridized carbons (Fsp3) is 0.615. The number of hydrogen-bond acceptors (Lipinski definition) is 5. The first-order valence-corrected chi connectivity index (χ1v) is 8.19. The molecule has 3 rings (SSSR count). The van der Waals surface area contributed by atoms with Crippen molar-refractivity contribution < 1.29 is 0 Å². The zero-order valence-electron chi connectivity index (χ0n) is 11.8. The van der Waals surface area contributed by atoms with Gasteiger partial charge in [0.25, 0.3) is 5.56 Å². The molecule has 1 N–H and O–H groups in total. The molecule has 1 saturated heterocycles. The lowest BCUT2D eigenvalue weighted by molar-refractivity contribution is 0.726. The van der Waals surface area contributed by atoms with E-state index in [0.29, 0.717) is 16.2 Å². The zero-order chi connectivity index (χ0) is 14.1. The van der Waals surface area contributed by atoms with Crippen LogP contribution in [0.5, 0.6) is 0 Å². The monoisotopic (exact) mass is 293 g/mol. The molecule has 0 bridgehead atoms. The molecule has 0 unspecified atom stereocenters. The van der Waals surface area contributed by atoms with Crippen molar-refractivity contribution in [2.24, 2.45) is 7.05 Å². The van der Waals surface area contributed by atoms with Gasteiger partial charge < -0.3 is 4.90 Å². The van der Waals surface area contributed by atoms with Crippen LogP contribution < -0.4 is 10.5 Å². The highest BCUT2D eigenvalue weighted by atomic mass is 32.2. The van der Waals surface area contributed by atoms with Crippen LogP contribution in [0.3, 0.4) is 0 Å². The summed E-state index contributed by atoms with van der Waals surface area (Å²) in [6.45, 7) is 1.93. The lowest BCUT2D eigenvalue weighted by Gasteiger charge is -2.22. The van der Waals surface area contributed by atoms with Gasteiger partial charge in [-0.3, -0.25) is 14.6 Å². The van der Waals surface area contributed by atoms with Gasteiger partial charge in [0, 0.05) is 20.1 Å². The van der Waals surface area contributed by atoms with E-state index >= 15 is 0 Å². The molecule has 108 valence electrons. The lowest BCUT2D eigenvalue weighted by atomic mass is 10.2. The number of rotatable bonds is 2. The Labute approximate surface area is 121 Å². The quantitative estimate of drug-likeness (QED) is 0.675. The molecule has 1 aliphatic heterocycles. The van der Waals surface area contributed by atoms with Gasteiger partial charge in [-0.2, -0.15) is 0 Å². The van der Waals surface area contributed by atoms with Crippen molar-refractivity contribution in [2.45, 2.75) is 30.8 Å². The first-order chi connectivity index (χ1) is 9.70. The van der Waals surface area contributed by atoms with Crippen molar-refractivity contribution in [3.05, 3.63) is 10.4 Å². The Hall–Kier alpha value is -1.50. The van der Waals surface area contributed by atoms with E-state index in [1.165, 1.54) is 24.6 Å². The topological polar surface area (TPSA) is 66.8 Å². The number of aryl methyl sites for hydroxylation is 1. The Morgan fingerprint density at radius 3 is 2.50 bits per heavy atom. The molecule has 0 aromatic carbocycles. The number of hydrogen-bond donors (Lipinski definition) is 1. The summed E-state index contributed by atoms with van der Waals surface area (Å²) in [6, 6.07) is 0. The second-order valence-electron chi connectivity index (χ2n) is 5.13. The molecule has 0 amide bonds. The molecule has 0 radical (unpaired) electrons. The first kappa shape index (κ1) is 13.5. The number of H-pyrrole nitrogens is 1. The van der Waals surface area contributed by atoms with E-state index in [9.17, 15) is 4.79 Å². The molecular weight excluding hydrogens is 274 g/mol. The molecule has 1 aliphatic rings. The minimum atomic E-state index is -0.102. The number of fused-ring (bicyclic) bond motifs is 1. The van der Waals surface area contributed by atoms with Crippen molar-refractivity contribution in [1.82, 2.24) is 19.7 Å². The molecule has 1 fully saturated rings. The summed E-state index contributed by atoms with van der Waals surface area (Å²) in [7, 11) is 1.81. The average molecular weight is 293 g/mol. The van der Waals surface area contributed by atoms with E-state index in [0.717, 1.165) is 31.7 Å². The van der Waals surface area contributed by atoms with Gasteiger partial charge in [-0.15, -0.1) is 0 Å². The van der Waals surface area contributed by atoms with E-state index in [1.54, 1.807) is 4.68 Å². The van der Waals surface area contributed by atoms with Gasteiger partial charge in [-0.05, 0) is 19.1 Å². The normalized spacial score (nSPS) is 16.6. The average Bonchev–Trinajstić information content (AvgIpc) is 2.66. The van der Waals surface area contributed by atoms with Gasteiger partial charge in [-0.25, -0.2) is 9.97 Å². The molecule has 0 aliphatic carbocycles. The van der Waals surface area contributed by atoms with Crippen molar-refractivity contribution in [3.63, 3.8) is 0 Å². The van der Waals surface area contributed by atoms with Crippen LogP contribution in [0.4, 0.5) is 5.82 Å². The van der Waals surface area contributed by atoms with Crippen LogP contribution in [0.1, 0.15) is 25.7 Å². The standard InChI is InChI=1S/C13H19N5OS/c1-17-10-9(12(19)16-17)11(15-13(14-10)20-2)18-7-5-3-4-6-8-18/h3-8H2,1-2H3,(H,16,19). The summed E-state index contributed by atoms with van der Waals surface area (Å²) in [5, 5.41) is 4.12. The second kappa shape index (κ2) is 5.47. The number of aromatic amines is 1. The third-order valence-electron chi connectivity index (χ3n) is 3.75. The fourth-order valence-corrected chi connectivity index (χ4v) is 3.08.